The molecule has 0 fully saturated rings. The molecule has 15 heavy (non-hydrogen) atoms. The van der Waals surface area contributed by atoms with E-state index in [1.807, 2.05) is 0 Å². The lowest BCUT2D eigenvalue weighted by Crippen LogP contribution is -2.31. The van der Waals surface area contributed by atoms with Crippen molar-refractivity contribution < 1.29 is 4.79 Å². The Morgan fingerprint density at radius 1 is 1.73 bits per heavy atom. The number of carbonyl (C=O) groups excluding carboxylic acids is 1. The van der Waals surface area contributed by atoms with E-state index in [2.05, 4.69) is 17.3 Å². The van der Waals surface area contributed by atoms with Crippen LogP contribution in [-0.2, 0) is 7.05 Å². The summed E-state index contributed by atoms with van der Waals surface area (Å²) in [6.07, 6.45) is 3.53. The highest BCUT2D eigenvalue weighted by atomic mass is 35.5. The van der Waals surface area contributed by atoms with Gasteiger partial charge < -0.3 is 5.32 Å². The van der Waals surface area contributed by atoms with Crippen molar-refractivity contribution in [2.45, 2.75) is 25.1 Å². The Labute approximate surface area is 94.6 Å². The minimum Gasteiger partial charge on any atom is -0.349 e. The highest BCUT2D eigenvalue weighted by Gasteiger charge is 2.11. The molecule has 0 radical (unpaired) electrons. The molecular weight excluding hydrogens is 214 g/mol. The van der Waals surface area contributed by atoms with E-state index < -0.39 is 0 Å². The van der Waals surface area contributed by atoms with Crippen molar-refractivity contribution in [3.63, 3.8) is 0 Å². The number of aromatic nitrogens is 2. The van der Waals surface area contributed by atoms with Crippen LogP contribution in [0, 0.1) is 0 Å². The lowest BCUT2D eigenvalue weighted by atomic mass is 10.2. The molecule has 1 unspecified atom stereocenters. The van der Waals surface area contributed by atoms with E-state index in [0.717, 1.165) is 12.8 Å². The first-order chi connectivity index (χ1) is 7.15. The Morgan fingerprint density at radius 3 is 3.00 bits per heavy atom. The van der Waals surface area contributed by atoms with Gasteiger partial charge in [0.05, 0.1) is 5.38 Å². The molecule has 0 aliphatic carbocycles. The van der Waals surface area contributed by atoms with Crippen LogP contribution in [0.5, 0.6) is 0 Å². The minimum absolute atomic E-state index is 0.00665. The monoisotopic (exact) mass is 229 g/mol. The highest BCUT2D eigenvalue weighted by Crippen LogP contribution is 2.04. The Kier molecular flexibility index (Phi) is 4.62. The van der Waals surface area contributed by atoms with Crippen LogP contribution in [0.3, 0.4) is 0 Å². The lowest BCUT2D eigenvalue weighted by Gasteiger charge is -2.09. The van der Waals surface area contributed by atoms with Crippen LogP contribution in [-0.4, -0.2) is 27.6 Å². The van der Waals surface area contributed by atoms with Gasteiger partial charge in [-0.1, -0.05) is 13.3 Å². The predicted molar refractivity (Wildman–Crippen MR) is 60.1 cm³/mol. The molecule has 0 aromatic carbocycles. The van der Waals surface area contributed by atoms with Crippen LogP contribution in [0.1, 0.15) is 30.3 Å². The second-order valence-corrected chi connectivity index (χ2v) is 4.05. The molecule has 0 saturated carbocycles. The van der Waals surface area contributed by atoms with E-state index in [1.165, 1.54) is 0 Å². The zero-order valence-corrected chi connectivity index (χ0v) is 9.79. The van der Waals surface area contributed by atoms with Gasteiger partial charge in [0.25, 0.3) is 5.91 Å². The molecule has 1 rings (SSSR count). The van der Waals surface area contributed by atoms with Gasteiger partial charge in [-0.3, -0.25) is 9.48 Å². The fraction of sp³-hybridized carbons (Fsp3) is 0.600. The molecule has 4 nitrogen and oxygen atoms in total. The quantitative estimate of drug-likeness (QED) is 0.779. The van der Waals surface area contributed by atoms with Crippen molar-refractivity contribution >= 4 is 17.5 Å². The maximum Gasteiger partial charge on any atom is 0.269 e. The van der Waals surface area contributed by atoms with Gasteiger partial charge in [0.2, 0.25) is 0 Å². The predicted octanol–water partition coefficient (Wildman–Crippen LogP) is 1.56. The average Bonchev–Trinajstić information content (AvgIpc) is 2.61. The van der Waals surface area contributed by atoms with Crippen molar-refractivity contribution in [3.8, 4) is 0 Å². The number of carbonyl (C=O) groups is 1. The van der Waals surface area contributed by atoms with Gasteiger partial charge in [-0.2, -0.15) is 5.10 Å². The van der Waals surface area contributed by atoms with E-state index in [0.29, 0.717) is 12.2 Å². The molecule has 84 valence electrons. The molecule has 0 bridgehead atoms. The number of amides is 1. The third-order valence-corrected chi connectivity index (χ3v) is 2.51. The molecule has 0 aliphatic heterocycles. The molecule has 1 aromatic heterocycles. The number of aryl methyl sites for hydroxylation is 1. The summed E-state index contributed by atoms with van der Waals surface area (Å²) in [4.78, 5) is 11.6. The number of hydrogen-bond donors (Lipinski definition) is 1. The molecular formula is C10H16ClN3O. The van der Waals surface area contributed by atoms with Crippen LogP contribution in [0.25, 0.3) is 0 Å². The van der Waals surface area contributed by atoms with Gasteiger partial charge >= 0.3 is 0 Å². The summed E-state index contributed by atoms with van der Waals surface area (Å²) in [5.74, 6) is -0.128. The van der Waals surface area contributed by atoms with Gasteiger partial charge in [0.15, 0.2) is 0 Å². The van der Waals surface area contributed by atoms with Crippen LogP contribution in [0.15, 0.2) is 12.3 Å². The summed E-state index contributed by atoms with van der Waals surface area (Å²) >= 11 is 5.99. The number of nitrogens with zero attached hydrogens (tertiary/aromatic N) is 2. The van der Waals surface area contributed by atoms with Crippen molar-refractivity contribution in [2.24, 2.45) is 7.05 Å². The molecule has 0 saturated heterocycles. The molecule has 1 atom stereocenters. The summed E-state index contributed by atoms with van der Waals surface area (Å²) < 4.78 is 1.54. The fourth-order valence-corrected chi connectivity index (χ4v) is 1.60. The summed E-state index contributed by atoms with van der Waals surface area (Å²) in [5, 5.41) is 6.71. The van der Waals surface area contributed by atoms with Gasteiger partial charge in [-0.05, 0) is 12.5 Å². The SMILES string of the molecule is CCCC(Cl)CNC(=O)c1ccnn1C. The summed E-state index contributed by atoms with van der Waals surface area (Å²) in [7, 11) is 1.74. The third kappa shape index (κ3) is 3.55. The van der Waals surface area contributed by atoms with E-state index in [1.54, 1.807) is 24.0 Å². The lowest BCUT2D eigenvalue weighted by molar-refractivity contribution is 0.0944. The second kappa shape index (κ2) is 5.75. The van der Waals surface area contributed by atoms with Gasteiger partial charge in [0.1, 0.15) is 5.69 Å². The van der Waals surface area contributed by atoms with Crippen LogP contribution >= 0.6 is 11.6 Å². The van der Waals surface area contributed by atoms with E-state index in [4.69, 9.17) is 11.6 Å². The zero-order chi connectivity index (χ0) is 11.3. The number of alkyl halides is 1. The summed E-state index contributed by atoms with van der Waals surface area (Å²) in [6.45, 7) is 2.57. The van der Waals surface area contributed by atoms with E-state index in [-0.39, 0.29) is 11.3 Å². The van der Waals surface area contributed by atoms with Crippen LogP contribution in [0.2, 0.25) is 0 Å². The number of halogens is 1. The van der Waals surface area contributed by atoms with E-state index >= 15 is 0 Å². The van der Waals surface area contributed by atoms with Crippen molar-refractivity contribution in [2.75, 3.05) is 6.54 Å². The van der Waals surface area contributed by atoms with Crippen molar-refractivity contribution in [1.29, 1.82) is 0 Å². The van der Waals surface area contributed by atoms with E-state index in [9.17, 15) is 4.79 Å². The Bertz CT molecular complexity index is 324. The molecule has 1 heterocycles. The normalized spacial score (nSPS) is 12.5. The number of nitrogens with one attached hydrogen (secondary N) is 1. The largest absolute Gasteiger partial charge is 0.349 e. The maximum absolute atomic E-state index is 11.6. The third-order valence-electron chi connectivity index (χ3n) is 2.14. The second-order valence-electron chi connectivity index (χ2n) is 3.44. The first-order valence-corrected chi connectivity index (χ1v) is 5.49. The summed E-state index contributed by atoms with van der Waals surface area (Å²) in [5.41, 5.74) is 0.551. The van der Waals surface area contributed by atoms with Crippen molar-refractivity contribution in [1.82, 2.24) is 15.1 Å². The molecule has 1 N–H and O–H groups in total. The van der Waals surface area contributed by atoms with Gasteiger partial charge in [-0.25, -0.2) is 0 Å². The molecule has 0 aliphatic rings. The Hall–Kier alpha value is -1.03. The fourth-order valence-electron chi connectivity index (χ4n) is 1.31. The van der Waals surface area contributed by atoms with Gasteiger partial charge in [-0.15, -0.1) is 11.6 Å². The smallest absolute Gasteiger partial charge is 0.269 e. The Morgan fingerprint density at radius 2 is 2.47 bits per heavy atom. The first-order valence-electron chi connectivity index (χ1n) is 5.05. The topological polar surface area (TPSA) is 46.9 Å². The maximum atomic E-state index is 11.6. The van der Waals surface area contributed by atoms with Crippen LogP contribution < -0.4 is 5.32 Å². The first kappa shape index (κ1) is 12.0. The number of hydrogen-bond acceptors (Lipinski definition) is 2. The van der Waals surface area contributed by atoms with Crippen LogP contribution in [0.4, 0.5) is 0 Å². The van der Waals surface area contributed by atoms with Gasteiger partial charge in [0, 0.05) is 19.8 Å². The average molecular weight is 230 g/mol. The minimum atomic E-state index is -0.128. The standard InChI is InChI=1S/C10H16ClN3O/c1-3-4-8(11)7-12-10(15)9-5-6-13-14(9)2/h5-6,8H,3-4,7H2,1-2H3,(H,12,15). The number of rotatable bonds is 5. The molecule has 1 amide bonds. The highest BCUT2D eigenvalue weighted by molar-refractivity contribution is 6.20. The molecule has 5 heteroatoms. The Balaban J connectivity index is 2.40. The van der Waals surface area contributed by atoms with Crippen molar-refractivity contribution in [3.05, 3.63) is 18.0 Å². The molecule has 1 aromatic rings. The summed E-state index contributed by atoms with van der Waals surface area (Å²) in [6, 6.07) is 1.68. The zero-order valence-electron chi connectivity index (χ0n) is 9.03. The molecule has 0 spiro atoms.